The molecule has 0 spiro atoms. The molecule has 0 fully saturated rings. The molecule has 2 aromatic rings. The Morgan fingerprint density at radius 3 is 2.00 bits per heavy atom. The molecule has 0 aliphatic heterocycles. The Hall–Kier alpha value is -1.95. The van der Waals surface area contributed by atoms with Crippen LogP contribution < -0.4 is 0 Å². The number of hydrogen-bond donors (Lipinski definition) is 0. The van der Waals surface area contributed by atoms with Crippen molar-refractivity contribution in [2.45, 2.75) is 32.5 Å². The van der Waals surface area contributed by atoms with Crippen LogP contribution in [0.2, 0.25) is 0 Å². The lowest BCUT2D eigenvalue weighted by Gasteiger charge is -2.22. The second kappa shape index (κ2) is 6.66. The summed E-state index contributed by atoms with van der Waals surface area (Å²) < 4.78 is 72.2. The van der Waals surface area contributed by atoms with Gasteiger partial charge in [0.1, 0.15) is 0 Å². The zero-order valence-electron chi connectivity index (χ0n) is 12.5. The Morgan fingerprint density at radius 1 is 1.00 bits per heavy atom. The van der Waals surface area contributed by atoms with Crippen LogP contribution in [0.5, 0.6) is 0 Å². The third kappa shape index (κ3) is 3.88. The Bertz CT molecular complexity index is 659. The van der Waals surface area contributed by atoms with Crippen molar-refractivity contribution in [1.29, 1.82) is 0 Å². The van der Waals surface area contributed by atoms with Gasteiger partial charge in [-0.25, -0.2) is 13.2 Å². The highest BCUT2D eigenvalue weighted by Crippen LogP contribution is 2.35. The molecule has 0 bridgehead atoms. The molecular formula is C17H15F5O. The maximum atomic E-state index is 14.1. The topological polar surface area (TPSA) is 9.23 Å². The van der Waals surface area contributed by atoms with Crippen molar-refractivity contribution in [3.8, 4) is 0 Å². The SMILES string of the molecule is CCc1ccc(C(F)(F)OC(C)c2cc(F)c(F)c(F)c2)cc1. The second-order valence-electron chi connectivity index (χ2n) is 5.13. The highest BCUT2D eigenvalue weighted by atomic mass is 19.3. The Kier molecular flexibility index (Phi) is 5.04. The number of benzene rings is 2. The summed E-state index contributed by atoms with van der Waals surface area (Å²) in [5.41, 5.74) is 0.302. The summed E-state index contributed by atoms with van der Waals surface area (Å²) in [6, 6.07) is 6.84. The van der Waals surface area contributed by atoms with Gasteiger partial charge < -0.3 is 4.74 Å². The Balaban J connectivity index is 2.21. The van der Waals surface area contributed by atoms with Gasteiger partial charge in [-0.05, 0) is 36.6 Å². The van der Waals surface area contributed by atoms with Crippen LogP contribution in [-0.4, -0.2) is 0 Å². The number of aryl methyl sites for hydroxylation is 1. The molecule has 1 unspecified atom stereocenters. The molecule has 6 heteroatoms. The normalized spacial score (nSPS) is 13.2. The lowest BCUT2D eigenvalue weighted by molar-refractivity contribution is -0.272. The Labute approximate surface area is 130 Å². The van der Waals surface area contributed by atoms with E-state index < -0.39 is 29.7 Å². The summed E-state index contributed by atoms with van der Waals surface area (Å²) >= 11 is 0. The molecule has 0 saturated heterocycles. The first kappa shape index (κ1) is 17.4. The van der Waals surface area contributed by atoms with E-state index in [2.05, 4.69) is 4.74 Å². The van der Waals surface area contributed by atoms with Crippen LogP contribution in [0.1, 0.15) is 36.6 Å². The zero-order valence-corrected chi connectivity index (χ0v) is 12.5. The van der Waals surface area contributed by atoms with E-state index in [0.717, 1.165) is 5.56 Å². The van der Waals surface area contributed by atoms with Crippen LogP contribution in [0.15, 0.2) is 36.4 Å². The molecule has 1 nitrogen and oxygen atoms in total. The van der Waals surface area contributed by atoms with E-state index in [1.807, 2.05) is 6.92 Å². The van der Waals surface area contributed by atoms with Crippen LogP contribution in [0, 0.1) is 17.5 Å². The van der Waals surface area contributed by atoms with Crippen LogP contribution in [0.25, 0.3) is 0 Å². The molecule has 0 N–H and O–H groups in total. The van der Waals surface area contributed by atoms with Crippen LogP contribution in [0.4, 0.5) is 22.0 Å². The molecule has 124 valence electrons. The molecule has 0 aromatic heterocycles. The second-order valence-corrected chi connectivity index (χ2v) is 5.13. The maximum absolute atomic E-state index is 14.1. The molecule has 23 heavy (non-hydrogen) atoms. The van der Waals surface area contributed by atoms with Crippen LogP contribution in [-0.2, 0) is 17.3 Å². The molecule has 0 amide bonds. The minimum absolute atomic E-state index is 0.216. The van der Waals surface area contributed by atoms with E-state index in [1.165, 1.54) is 19.1 Å². The van der Waals surface area contributed by atoms with Gasteiger partial charge in [0.25, 0.3) is 0 Å². The van der Waals surface area contributed by atoms with Crippen molar-refractivity contribution < 1.29 is 26.7 Å². The lowest BCUT2D eigenvalue weighted by atomic mass is 10.1. The first-order valence-corrected chi connectivity index (χ1v) is 7.04. The Morgan fingerprint density at radius 2 is 1.52 bits per heavy atom. The lowest BCUT2D eigenvalue weighted by Crippen LogP contribution is -2.20. The number of ether oxygens (including phenoxy) is 1. The first-order valence-electron chi connectivity index (χ1n) is 7.04. The molecule has 0 heterocycles. The fourth-order valence-corrected chi connectivity index (χ4v) is 2.10. The van der Waals surface area contributed by atoms with Gasteiger partial charge in [-0.2, -0.15) is 8.78 Å². The summed E-state index contributed by atoms with van der Waals surface area (Å²) in [5.74, 6) is -4.56. The molecular weight excluding hydrogens is 315 g/mol. The van der Waals surface area contributed by atoms with Gasteiger partial charge in [0.15, 0.2) is 17.5 Å². The van der Waals surface area contributed by atoms with Crippen LogP contribution >= 0.6 is 0 Å². The average Bonchev–Trinajstić information content (AvgIpc) is 2.51. The fraction of sp³-hybridized carbons (Fsp3) is 0.294. The summed E-state index contributed by atoms with van der Waals surface area (Å²) in [4.78, 5) is 0. The van der Waals surface area contributed by atoms with Crippen molar-refractivity contribution >= 4 is 0 Å². The van der Waals surface area contributed by atoms with Gasteiger partial charge in [0.05, 0.1) is 11.7 Å². The van der Waals surface area contributed by atoms with Crippen molar-refractivity contribution in [2.75, 3.05) is 0 Å². The highest BCUT2D eigenvalue weighted by molar-refractivity contribution is 5.25. The quantitative estimate of drug-likeness (QED) is 0.520. The molecule has 0 aliphatic carbocycles. The van der Waals surface area contributed by atoms with Gasteiger partial charge in [-0.15, -0.1) is 0 Å². The number of alkyl halides is 2. The van der Waals surface area contributed by atoms with Gasteiger partial charge in [-0.3, -0.25) is 0 Å². The molecule has 0 saturated carbocycles. The molecule has 1 atom stereocenters. The number of halogens is 5. The van der Waals surface area contributed by atoms with Gasteiger partial charge in [0.2, 0.25) is 0 Å². The first-order chi connectivity index (χ1) is 10.7. The summed E-state index contributed by atoms with van der Waals surface area (Å²) in [5, 5.41) is 0. The average molecular weight is 330 g/mol. The summed E-state index contributed by atoms with van der Waals surface area (Å²) in [6.07, 6.45) is -4.27. The predicted octanol–water partition coefficient (Wildman–Crippen LogP) is 5.49. The van der Waals surface area contributed by atoms with E-state index in [9.17, 15) is 22.0 Å². The van der Waals surface area contributed by atoms with Gasteiger partial charge in [0, 0.05) is 0 Å². The van der Waals surface area contributed by atoms with E-state index in [4.69, 9.17) is 0 Å². The van der Waals surface area contributed by atoms with Gasteiger partial charge in [-0.1, -0.05) is 31.2 Å². The van der Waals surface area contributed by atoms with Gasteiger partial charge >= 0.3 is 6.11 Å². The number of rotatable bonds is 5. The largest absolute Gasteiger partial charge is 0.383 e. The van der Waals surface area contributed by atoms with Crippen molar-refractivity contribution in [1.82, 2.24) is 0 Å². The standard InChI is InChI=1S/C17H15F5O/c1-3-11-4-6-13(7-5-11)17(21,22)23-10(2)12-8-14(18)16(20)15(19)9-12/h4-10H,3H2,1-2H3. The minimum Gasteiger partial charge on any atom is -0.309 e. The molecule has 0 aliphatic rings. The van der Waals surface area contributed by atoms with Crippen molar-refractivity contribution in [3.63, 3.8) is 0 Å². The maximum Gasteiger partial charge on any atom is 0.383 e. The highest BCUT2D eigenvalue weighted by Gasteiger charge is 2.35. The fourth-order valence-electron chi connectivity index (χ4n) is 2.10. The van der Waals surface area contributed by atoms with E-state index in [0.29, 0.717) is 18.6 Å². The predicted molar refractivity (Wildman–Crippen MR) is 75.5 cm³/mol. The zero-order chi connectivity index (χ0) is 17.2. The monoisotopic (exact) mass is 330 g/mol. The smallest absolute Gasteiger partial charge is 0.309 e. The number of hydrogen-bond acceptors (Lipinski definition) is 1. The molecule has 0 radical (unpaired) electrons. The third-order valence-electron chi connectivity index (χ3n) is 3.50. The van der Waals surface area contributed by atoms with Crippen molar-refractivity contribution in [2.24, 2.45) is 0 Å². The van der Waals surface area contributed by atoms with E-state index >= 15 is 0 Å². The van der Waals surface area contributed by atoms with E-state index in [-0.39, 0.29) is 11.1 Å². The molecule has 2 aromatic carbocycles. The van der Waals surface area contributed by atoms with Crippen LogP contribution in [0.3, 0.4) is 0 Å². The minimum atomic E-state index is -3.65. The summed E-state index contributed by atoms with van der Waals surface area (Å²) in [6.45, 7) is 3.10. The van der Waals surface area contributed by atoms with E-state index in [1.54, 1.807) is 12.1 Å². The third-order valence-corrected chi connectivity index (χ3v) is 3.50. The molecule has 2 rings (SSSR count). The summed E-state index contributed by atoms with van der Waals surface area (Å²) in [7, 11) is 0. The van der Waals surface area contributed by atoms with Crippen molar-refractivity contribution in [3.05, 3.63) is 70.5 Å².